The number of rotatable bonds is 12. The SMILES string of the molecule is CC(Cc1ccccc1CCC(=O)O)=C(C)C(=O)NC(CO)C(=O)NCCc1ccc(Cl)cc1. The zero-order valence-corrected chi connectivity index (χ0v) is 20.2. The summed E-state index contributed by atoms with van der Waals surface area (Å²) in [7, 11) is 0. The third kappa shape index (κ3) is 8.65. The van der Waals surface area contributed by atoms with Crippen LogP contribution in [0, 0.1) is 0 Å². The number of carbonyl (C=O) groups is 3. The topological polar surface area (TPSA) is 116 Å². The van der Waals surface area contributed by atoms with Gasteiger partial charge < -0.3 is 20.8 Å². The molecule has 8 heteroatoms. The van der Waals surface area contributed by atoms with Gasteiger partial charge in [-0.2, -0.15) is 0 Å². The summed E-state index contributed by atoms with van der Waals surface area (Å²) >= 11 is 5.87. The van der Waals surface area contributed by atoms with Crippen molar-refractivity contribution in [3.63, 3.8) is 0 Å². The molecule has 0 aliphatic heterocycles. The maximum absolute atomic E-state index is 12.7. The van der Waals surface area contributed by atoms with Gasteiger partial charge in [0.25, 0.3) is 0 Å². The van der Waals surface area contributed by atoms with Gasteiger partial charge >= 0.3 is 5.97 Å². The van der Waals surface area contributed by atoms with Crippen molar-refractivity contribution in [2.24, 2.45) is 0 Å². The molecule has 2 rings (SSSR count). The van der Waals surface area contributed by atoms with Crippen LogP contribution in [0.1, 0.15) is 37.0 Å². The first kappa shape index (κ1) is 27.1. The first-order chi connectivity index (χ1) is 16.2. The largest absolute Gasteiger partial charge is 0.481 e. The minimum Gasteiger partial charge on any atom is -0.481 e. The van der Waals surface area contributed by atoms with E-state index in [1.807, 2.05) is 43.3 Å². The zero-order chi connectivity index (χ0) is 25.1. The number of allylic oxidation sites excluding steroid dienone is 1. The van der Waals surface area contributed by atoms with E-state index in [-0.39, 0.29) is 6.42 Å². The van der Waals surface area contributed by atoms with E-state index in [2.05, 4.69) is 10.6 Å². The lowest BCUT2D eigenvalue weighted by Gasteiger charge is -2.18. The number of nitrogens with one attached hydrogen (secondary N) is 2. The van der Waals surface area contributed by atoms with Crippen molar-refractivity contribution < 1.29 is 24.6 Å². The number of hydrogen-bond acceptors (Lipinski definition) is 4. The molecule has 1 unspecified atom stereocenters. The highest BCUT2D eigenvalue weighted by Gasteiger charge is 2.21. The van der Waals surface area contributed by atoms with Gasteiger partial charge in [-0.25, -0.2) is 0 Å². The fourth-order valence-corrected chi connectivity index (χ4v) is 3.52. The molecule has 0 aromatic heterocycles. The van der Waals surface area contributed by atoms with Crippen molar-refractivity contribution in [1.82, 2.24) is 10.6 Å². The molecule has 0 saturated heterocycles. The Morgan fingerprint density at radius 1 is 0.971 bits per heavy atom. The van der Waals surface area contributed by atoms with Crippen molar-refractivity contribution in [2.45, 2.75) is 45.6 Å². The van der Waals surface area contributed by atoms with Gasteiger partial charge in [0, 0.05) is 23.6 Å². The second-order valence-electron chi connectivity index (χ2n) is 8.12. The molecule has 1 atom stereocenters. The van der Waals surface area contributed by atoms with Crippen molar-refractivity contribution in [1.29, 1.82) is 0 Å². The lowest BCUT2D eigenvalue weighted by Crippen LogP contribution is -2.49. The summed E-state index contributed by atoms with van der Waals surface area (Å²) in [5.41, 5.74) is 4.12. The van der Waals surface area contributed by atoms with Crippen molar-refractivity contribution in [3.8, 4) is 0 Å². The molecule has 182 valence electrons. The van der Waals surface area contributed by atoms with E-state index >= 15 is 0 Å². The lowest BCUT2D eigenvalue weighted by atomic mass is 9.95. The number of aliphatic carboxylic acids is 1. The molecule has 7 nitrogen and oxygen atoms in total. The summed E-state index contributed by atoms with van der Waals surface area (Å²) in [5.74, 6) is -1.76. The predicted octanol–water partition coefficient (Wildman–Crippen LogP) is 3.07. The van der Waals surface area contributed by atoms with Crippen LogP contribution in [0.25, 0.3) is 0 Å². The van der Waals surface area contributed by atoms with Crippen molar-refractivity contribution >= 4 is 29.4 Å². The Labute approximate surface area is 204 Å². The molecule has 0 fully saturated rings. The maximum atomic E-state index is 12.7. The third-order valence-electron chi connectivity index (χ3n) is 5.59. The van der Waals surface area contributed by atoms with Crippen LogP contribution in [0.3, 0.4) is 0 Å². The number of aryl methyl sites for hydroxylation is 1. The predicted molar refractivity (Wildman–Crippen MR) is 132 cm³/mol. The number of carboxylic acid groups (broad SMARTS) is 1. The molecular formula is C26H31ClN2O5. The number of benzene rings is 2. The monoisotopic (exact) mass is 486 g/mol. The van der Waals surface area contributed by atoms with Gasteiger partial charge in [-0.15, -0.1) is 0 Å². The van der Waals surface area contributed by atoms with Gasteiger partial charge in [-0.05, 0) is 61.9 Å². The van der Waals surface area contributed by atoms with Gasteiger partial charge in [0.1, 0.15) is 6.04 Å². The highest BCUT2D eigenvalue weighted by molar-refractivity contribution is 6.30. The van der Waals surface area contributed by atoms with Crippen molar-refractivity contribution in [3.05, 3.63) is 81.4 Å². The molecule has 0 bridgehead atoms. The Morgan fingerprint density at radius 2 is 1.62 bits per heavy atom. The number of amides is 2. The Morgan fingerprint density at radius 3 is 2.24 bits per heavy atom. The Balaban J connectivity index is 1.95. The van der Waals surface area contributed by atoms with Crippen LogP contribution in [0.5, 0.6) is 0 Å². The number of carboxylic acids is 1. The van der Waals surface area contributed by atoms with Crippen LogP contribution in [0.15, 0.2) is 59.7 Å². The van der Waals surface area contributed by atoms with Gasteiger partial charge in [-0.1, -0.05) is 53.6 Å². The smallest absolute Gasteiger partial charge is 0.303 e. The summed E-state index contributed by atoms with van der Waals surface area (Å²) in [6.45, 7) is 3.32. The fourth-order valence-electron chi connectivity index (χ4n) is 3.39. The van der Waals surface area contributed by atoms with Crippen molar-refractivity contribution in [2.75, 3.05) is 13.2 Å². The van der Waals surface area contributed by atoms with Gasteiger partial charge in [0.05, 0.1) is 6.61 Å². The van der Waals surface area contributed by atoms with E-state index in [9.17, 15) is 19.5 Å². The van der Waals surface area contributed by atoms with E-state index in [4.69, 9.17) is 16.7 Å². The van der Waals surface area contributed by atoms with Crippen LogP contribution in [0.2, 0.25) is 5.02 Å². The van der Waals surface area contributed by atoms with Crippen LogP contribution < -0.4 is 10.6 Å². The van der Waals surface area contributed by atoms with Crippen LogP contribution in [-0.2, 0) is 33.6 Å². The third-order valence-corrected chi connectivity index (χ3v) is 5.85. The van der Waals surface area contributed by atoms with E-state index in [1.54, 1.807) is 19.1 Å². The Kier molecular flexibility index (Phi) is 10.8. The molecule has 2 amide bonds. The first-order valence-corrected chi connectivity index (χ1v) is 11.5. The average molecular weight is 487 g/mol. The maximum Gasteiger partial charge on any atom is 0.303 e. The molecule has 0 saturated carbocycles. The van der Waals surface area contributed by atoms with E-state index in [1.165, 1.54) is 0 Å². The molecule has 0 aliphatic carbocycles. The fraction of sp³-hybridized carbons (Fsp3) is 0.346. The molecule has 0 radical (unpaired) electrons. The van der Waals surface area contributed by atoms with Crippen LogP contribution in [-0.4, -0.2) is 47.2 Å². The molecule has 2 aromatic carbocycles. The van der Waals surface area contributed by atoms with Gasteiger partial charge in [0.15, 0.2) is 0 Å². The highest BCUT2D eigenvalue weighted by atomic mass is 35.5. The van der Waals surface area contributed by atoms with E-state index < -0.39 is 30.4 Å². The highest BCUT2D eigenvalue weighted by Crippen LogP contribution is 2.18. The second kappa shape index (κ2) is 13.5. The first-order valence-electron chi connectivity index (χ1n) is 11.1. The number of halogens is 1. The quantitative estimate of drug-likeness (QED) is 0.344. The van der Waals surface area contributed by atoms with E-state index in [0.717, 1.165) is 22.3 Å². The summed E-state index contributed by atoms with van der Waals surface area (Å²) in [4.78, 5) is 36.1. The number of carbonyl (C=O) groups excluding carboxylic acids is 2. The summed E-state index contributed by atoms with van der Waals surface area (Å²) in [6.07, 6.45) is 1.51. The van der Waals surface area contributed by atoms with Gasteiger partial charge in [-0.3, -0.25) is 14.4 Å². The molecule has 0 spiro atoms. The molecule has 2 aromatic rings. The van der Waals surface area contributed by atoms with Crippen LogP contribution >= 0.6 is 11.6 Å². The summed E-state index contributed by atoms with van der Waals surface area (Å²) in [6, 6.07) is 13.8. The molecule has 34 heavy (non-hydrogen) atoms. The van der Waals surface area contributed by atoms with E-state index in [0.29, 0.717) is 36.4 Å². The molecule has 0 heterocycles. The minimum absolute atomic E-state index is 0.0323. The standard InChI is InChI=1S/C26H31ClN2O5/c1-17(15-21-6-4-3-5-20(21)9-12-24(31)32)18(2)25(33)29-23(16-30)26(34)28-14-13-19-7-10-22(27)11-8-19/h3-8,10-11,23,30H,9,12-16H2,1-2H3,(H,28,34)(H,29,33)(H,31,32). The minimum atomic E-state index is -1.07. The Bertz CT molecular complexity index is 1030. The summed E-state index contributed by atoms with van der Waals surface area (Å²) < 4.78 is 0. The lowest BCUT2D eigenvalue weighted by molar-refractivity contribution is -0.137. The van der Waals surface area contributed by atoms with Crippen LogP contribution in [0.4, 0.5) is 0 Å². The van der Waals surface area contributed by atoms with Gasteiger partial charge in [0.2, 0.25) is 11.8 Å². The average Bonchev–Trinajstić information content (AvgIpc) is 2.82. The molecule has 0 aliphatic rings. The number of aliphatic hydroxyl groups is 1. The molecular weight excluding hydrogens is 456 g/mol. The Hall–Kier alpha value is -3.16. The molecule has 4 N–H and O–H groups in total. The summed E-state index contributed by atoms with van der Waals surface area (Å²) in [5, 5.41) is 24.6. The normalized spacial score (nSPS) is 12.5. The number of hydrogen-bond donors (Lipinski definition) is 4. The zero-order valence-electron chi connectivity index (χ0n) is 19.4. The second-order valence-corrected chi connectivity index (χ2v) is 8.56. The number of aliphatic hydroxyl groups excluding tert-OH is 1.